The Morgan fingerprint density at radius 1 is 1.47 bits per heavy atom. The van der Waals surface area contributed by atoms with Gasteiger partial charge in [-0.1, -0.05) is 6.58 Å². The van der Waals surface area contributed by atoms with E-state index in [0.717, 1.165) is 13.1 Å². The van der Waals surface area contributed by atoms with Gasteiger partial charge in [0.25, 0.3) is 0 Å². The third kappa shape index (κ3) is 2.90. The van der Waals surface area contributed by atoms with Gasteiger partial charge in [-0.3, -0.25) is 0 Å². The van der Waals surface area contributed by atoms with E-state index in [4.69, 9.17) is 22.1 Å². The minimum atomic E-state index is 0.186. The molecular weight excluding hydrogens is 266 g/mol. The predicted octanol–water partition coefficient (Wildman–Crippen LogP) is 1.52. The summed E-state index contributed by atoms with van der Waals surface area (Å²) in [5, 5.41) is 0.186. The topological polar surface area (TPSA) is 67.5 Å². The molecule has 1 saturated heterocycles. The van der Waals surface area contributed by atoms with Crippen LogP contribution in [0.4, 0.5) is 17.3 Å². The van der Waals surface area contributed by atoms with Crippen LogP contribution in [0.15, 0.2) is 12.8 Å². The lowest BCUT2D eigenvalue weighted by molar-refractivity contribution is 0.122. The van der Waals surface area contributed by atoms with Crippen molar-refractivity contribution in [1.29, 1.82) is 0 Å². The van der Waals surface area contributed by atoms with Gasteiger partial charge in [-0.15, -0.1) is 0 Å². The summed E-state index contributed by atoms with van der Waals surface area (Å²) in [6.45, 7) is 9.28. The highest BCUT2D eigenvalue weighted by Gasteiger charge is 2.20. The lowest BCUT2D eigenvalue weighted by Gasteiger charge is -2.30. The van der Waals surface area contributed by atoms with Crippen LogP contribution in [0.5, 0.6) is 0 Å². The summed E-state index contributed by atoms with van der Waals surface area (Å²) < 4.78 is 5.33. The van der Waals surface area contributed by atoms with E-state index in [1.165, 1.54) is 0 Å². The molecule has 19 heavy (non-hydrogen) atoms. The van der Waals surface area contributed by atoms with Gasteiger partial charge in [0.1, 0.15) is 5.69 Å². The smallest absolute Gasteiger partial charge is 0.226 e. The Morgan fingerprint density at radius 3 is 2.74 bits per heavy atom. The van der Waals surface area contributed by atoms with E-state index >= 15 is 0 Å². The van der Waals surface area contributed by atoms with Crippen molar-refractivity contribution in [1.82, 2.24) is 9.97 Å². The summed E-state index contributed by atoms with van der Waals surface area (Å²) in [6, 6.07) is 0. The second-order valence-corrected chi connectivity index (χ2v) is 4.46. The second-order valence-electron chi connectivity index (χ2n) is 4.12. The molecule has 1 aromatic heterocycles. The molecule has 0 unspecified atom stereocenters. The number of rotatable bonds is 4. The number of nitrogens with zero attached hydrogens (tertiary/aromatic N) is 4. The Hall–Kier alpha value is -1.53. The molecule has 0 saturated carbocycles. The number of nitrogens with two attached hydrogens (primary N) is 1. The Morgan fingerprint density at radius 2 is 2.16 bits per heavy atom. The first kappa shape index (κ1) is 13.9. The van der Waals surface area contributed by atoms with Crippen LogP contribution in [0.1, 0.15) is 6.92 Å². The molecule has 0 aromatic carbocycles. The van der Waals surface area contributed by atoms with E-state index in [1.54, 1.807) is 6.20 Å². The average Bonchev–Trinajstić information content (AvgIpc) is 2.44. The molecule has 7 heteroatoms. The van der Waals surface area contributed by atoms with Crippen molar-refractivity contribution in [3.8, 4) is 0 Å². The van der Waals surface area contributed by atoms with Gasteiger partial charge in [0, 0.05) is 19.6 Å². The van der Waals surface area contributed by atoms with Crippen molar-refractivity contribution in [2.75, 3.05) is 48.4 Å². The first-order valence-corrected chi connectivity index (χ1v) is 6.60. The number of anilines is 3. The fourth-order valence-corrected chi connectivity index (χ4v) is 2.18. The van der Waals surface area contributed by atoms with Crippen molar-refractivity contribution in [2.24, 2.45) is 0 Å². The monoisotopic (exact) mass is 283 g/mol. The van der Waals surface area contributed by atoms with E-state index in [0.29, 0.717) is 37.1 Å². The largest absolute Gasteiger partial charge is 0.393 e. The van der Waals surface area contributed by atoms with Crippen molar-refractivity contribution in [3.05, 3.63) is 18.1 Å². The number of nitrogen functional groups attached to an aromatic ring is 1. The molecule has 2 rings (SSSR count). The summed E-state index contributed by atoms with van der Waals surface area (Å²) in [6.07, 6.45) is 1.68. The van der Waals surface area contributed by atoms with Crippen LogP contribution in [-0.2, 0) is 4.74 Å². The molecule has 1 aliphatic heterocycles. The first-order chi connectivity index (χ1) is 9.17. The van der Waals surface area contributed by atoms with E-state index < -0.39 is 0 Å². The van der Waals surface area contributed by atoms with Gasteiger partial charge in [0.2, 0.25) is 5.28 Å². The molecule has 0 amide bonds. The maximum Gasteiger partial charge on any atom is 0.226 e. The number of aromatic nitrogens is 2. The Kier molecular flexibility index (Phi) is 4.44. The van der Waals surface area contributed by atoms with Crippen molar-refractivity contribution >= 4 is 28.9 Å². The molecule has 0 bridgehead atoms. The molecule has 6 nitrogen and oxygen atoms in total. The number of morpholine rings is 1. The highest BCUT2D eigenvalue weighted by molar-refractivity contribution is 6.28. The van der Waals surface area contributed by atoms with Crippen molar-refractivity contribution in [3.63, 3.8) is 0 Å². The maximum absolute atomic E-state index is 6.18. The van der Waals surface area contributed by atoms with Crippen LogP contribution in [0.3, 0.4) is 0 Å². The summed E-state index contributed by atoms with van der Waals surface area (Å²) in [5.41, 5.74) is 6.70. The summed E-state index contributed by atoms with van der Waals surface area (Å²) in [4.78, 5) is 12.3. The fourth-order valence-electron chi connectivity index (χ4n) is 2.02. The highest BCUT2D eigenvalue weighted by atomic mass is 35.5. The van der Waals surface area contributed by atoms with Crippen molar-refractivity contribution in [2.45, 2.75) is 6.92 Å². The maximum atomic E-state index is 6.18. The SMILES string of the molecule is C=CN(CC)c1nc(Cl)nc(N2CCOCC2)c1N. The molecule has 2 heterocycles. The number of halogens is 1. The first-order valence-electron chi connectivity index (χ1n) is 6.22. The Balaban J connectivity index is 2.40. The minimum absolute atomic E-state index is 0.186. The molecule has 2 N–H and O–H groups in total. The standard InChI is InChI=1S/C12H18ClN5O/c1-3-17(4-2)10-9(14)11(16-12(13)15-10)18-5-7-19-8-6-18/h3H,1,4-8,14H2,2H3. The van der Waals surface area contributed by atoms with E-state index in [2.05, 4.69) is 21.4 Å². The number of hydrogen-bond acceptors (Lipinski definition) is 6. The van der Waals surface area contributed by atoms with Gasteiger partial charge in [0.15, 0.2) is 11.6 Å². The molecule has 0 spiro atoms. The quantitative estimate of drug-likeness (QED) is 0.845. The molecule has 1 fully saturated rings. The van der Waals surface area contributed by atoms with Gasteiger partial charge in [-0.25, -0.2) is 0 Å². The zero-order chi connectivity index (χ0) is 13.8. The Labute approximate surface area is 117 Å². The van der Waals surface area contributed by atoms with E-state index in [-0.39, 0.29) is 5.28 Å². The van der Waals surface area contributed by atoms with E-state index in [1.807, 2.05) is 11.8 Å². The summed E-state index contributed by atoms with van der Waals surface area (Å²) in [5.74, 6) is 1.26. The summed E-state index contributed by atoms with van der Waals surface area (Å²) >= 11 is 6.00. The van der Waals surface area contributed by atoms with Gasteiger partial charge in [0.05, 0.1) is 13.2 Å². The average molecular weight is 284 g/mol. The van der Waals surface area contributed by atoms with Crippen LogP contribution in [-0.4, -0.2) is 42.8 Å². The normalized spacial score (nSPS) is 15.4. The molecular formula is C12H18ClN5O. The highest BCUT2D eigenvalue weighted by Crippen LogP contribution is 2.31. The molecule has 1 aromatic rings. The van der Waals surface area contributed by atoms with E-state index in [9.17, 15) is 0 Å². The van der Waals surface area contributed by atoms with Crippen LogP contribution >= 0.6 is 11.6 Å². The lowest BCUT2D eigenvalue weighted by Crippen LogP contribution is -2.37. The second kappa shape index (κ2) is 6.08. The molecule has 1 aliphatic rings. The molecule has 0 atom stereocenters. The summed E-state index contributed by atoms with van der Waals surface area (Å²) in [7, 11) is 0. The Bertz CT molecular complexity index is 462. The molecule has 104 valence electrons. The van der Waals surface area contributed by atoms with Crippen molar-refractivity contribution < 1.29 is 4.74 Å². The van der Waals surface area contributed by atoms with Crippen LogP contribution in [0, 0.1) is 0 Å². The third-order valence-electron chi connectivity index (χ3n) is 3.02. The van der Waals surface area contributed by atoms with Gasteiger partial charge < -0.3 is 20.3 Å². The number of hydrogen-bond donors (Lipinski definition) is 1. The zero-order valence-corrected chi connectivity index (χ0v) is 11.7. The van der Waals surface area contributed by atoms with Crippen LogP contribution < -0.4 is 15.5 Å². The van der Waals surface area contributed by atoms with Gasteiger partial charge in [-0.2, -0.15) is 9.97 Å². The minimum Gasteiger partial charge on any atom is -0.393 e. The fraction of sp³-hybridized carbons (Fsp3) is 0.500. The van der Waals surface area contributed by atoms with Gasteiger partial charge >= 0.3 is 0 Å². The molecule has 0 radical (unpaired) electrons. The third-order valence-corrected chi connectivity index (χ3v) is 3.19. The van der Waals surface area contributed by atoms with Gasteiger partial charge in [-0.05, 0) is 24.7 Å². The zero-order valence-electron chi connectivity index (χ0n) is 11.0. The molecule has 0 aliphatic carbocycles. The van der Waals surface area contributed by atoms with Crippen LogP contribution in [0.2, 0.25) is 5.28 Å². The lowest BCUT2D eigenvalue weighted by atomic mass is 10.3. The number of ether oxygens (including phenoxy) is 1. The van der Waals surface area contributed by atoms with Crippen LogP contribution in [0.25, 0.3) is 0 Å². The predicted molar refractivity (Wildman–Crippen MR) is 77.7 cm³/mol.